The molecule has 3 rings (SSSR count). The zero-order valence-electron chi connectivity index (χ0n) is 16.3. The van der Waals surface area contributed by atoms with Gasteiger partial charge < -0.3 is 10.2 Å². The molecule has 0 spiro atoms. The van der Waals surface area contributed by atoms with Crippen LogP contribution in [0.2, 0.25) is 0 Å². The first kappa shape index (κ1) is 18.6. The number of nitrogens with one attached hydrogen (secondary N) is 1. The number of rotatable bonds is 6. The molecule has 0 saturated carbocycles. The van der Waals surface area contributed by atoms with Crippen LogP contribution in [-0.2, 0) is 0 Å². The lowest BCUT2D eigenvalue weighted by atomic mass is 10.2. The predicted molar refractivity (Wildman–Crippen MR) is 108 cm³/mol. The van der Waals surface area contributed by atoms with Gasteiger partial charge in [-0.3, -0.25) is 4.90 Å². The van der Waals surface area contributed by atoms with E-state index >= 15 is 0 Å². The maximum Gasteiger partial charge on any atom is 0.129 e. The van der Waals surface area contributed by atoms with Gasteiger partial charge in [-0.25, -0.2) is 15.0 Å². The Morgan fingerprint density at radius 2 is 1.77 bits per heavy atom. The van der Waals surface area contributed by atoms with Gasteiger partial charge in [-0.15, -0.1) is 0 Å². The molecular weight excluding hydrogens is 324 g/mol. The largest absolute Gasteiger partial charge is 0.370 e. The molecule has 0 amide bonds. The number of hydrogen-bond donors (Lipinski definition) is 1. The molecule has 1 fully saturated rings. The Hall–Kier alpha value is -2.21. The summed E-state index contributed by atoms with van der Waals surface area (Å²) in [6.07, 6.45) is 3.52. The molecule has 1 saturated heterocycles. The fraction of sp³-hybridized carbons (Fsp3) is 0.550. The molecule has 0 aromatic carbocycles. The van der Waals surface area contributed by atoms with Crippen LogP contribution in [0.1, 0.15) is 27.7 Å². The van der Waals surface area contributed by atoms with Crippen molar-refractivity contribution in [3.63, 3.8) is 0 Å². The van der Waals surface area contributed by atoms with Gasteiger partial charge in [0.2, 0.25) is 0 Å². The molecule has 140 valence electrons. The average molecular weight is 355 g/mol. The van der Waals surface area contributed by atoms with Crippen molar-refractivity contribution in [1.82, 2.24) is 19.9 Å². The van der Waals surface area contributed by atoms with Gasteiger partial charge in [-0.2, -0.15) is 0 Å². The molecular formula is C20H30N6. The van der Waals surface area contributed by atoms with Crippen LogP contribution in [-0.4, -0.2) is 58.6 Å². The van der Waals surface area contributed by atoms with E-state index in [2.05, 4.69) is 69.9 Å². The quantitative estimate of drug-likeness (QED) is 0.860. The highest BCUT2D eigenvalue weighted by atomic mass is 15.3. The second-order valence-corrected chi connectivity index (χ2v) is 7.59. The standard InChI is InChI=1S/C20H30N6/c1-15(2)12-21-19-11-18(23-14-24-19)17-5-6-20(22-13-17)26-9-7-25(8-10-26)16(3)4/h5-6,11,13-16H,7-10,12H2,1-4H3,(H,21,23,24). The van der Waals surface area contributed by atoms with Crippen molar-refractivity contribution in [2.45, 2.75) is 33.7 Å². The summed E-state index contributed by atoms with van der Waals surface area (Å²) in [6.45, 7) is 14.0. The van der Waals surface area contributed by atoms with E-state index in [9.17, 15) is 0 Å². The monoisotopic (exact) mass is 354 g/mol. The van der Waals surface area contributed by atoms with E-state index < -0.39 is 0 Å². The van der Waals surface area contributed by atoms with Gasteiger partial charge in [0.15, 0.2) is 0 Å². The fourth-order valence-corrected chi connectivity index (χ4v) is 3.11. The highest BCUT2D eigenvalue weighted by Crippen LogP contribution is 2.21. The minimum Gasteiger partial charge on any atom is -0.370 e. The molecule has 6 nitrogen and oxygen atoms in total. The Labute approximate surface area is 156 Å². The predicted octanol–water partition coefficient (Wildman–Crippen LogP) is 3.14. The Kier molecular flexibility index (Phi) is 6.04. The average Bonchev–Trinajstić information content (AvgIpc) is 2.67. The van der Waals surface area contributed by atoms with Gasteiger partial charge >= 0.3 is 0 Å². The Balaban J connectivity index is 1.65. The van der Waals surface area contributed by atoms with E-state index in [0.717, 1.165) is 55.6 Å². The summed E-state index contributed by atoms with van der Waals surface area (Å²) in [5.74, 6) is 2.48. The molecule has 0 bridgehead atoms. The molecule has 26 heavy (non-hydrogen) atoms. The first-order chi connectivity index (χ1) is 12.5. The Bertz CT molecular complexity index is 690. The number of hydrogen-bond acceptors (Lipinski definition) is 6. The van der Waals surface area contributed by atoms with E-state index in [1.54, 1.807) is 6.33 Å². The normalized spacial score (nSPS) is 15.7. The van der Waals surface area contributed by atoms with E-state index in [4.69, 9.17) is 0 Å². The topological polar surface area (TPSA) is 57.2 Å². The van der Waals surface area contributed by atoms with Crippen LogP contribution in [0.4, 0.5) is 11.6 Å². The van der Waals surface area contributed by atoms with E-state index in [0.29, 0.717) is 12.0 Å². The lowest BCUT2D eigenvalue weighted by molar-refractivity contribution is 0.209. The van der Waals surface area contributed by atoms with Gasteiger partial charge in [-0.05, 0) is 31.9 Å². The van der Waals surface area contributed by atoms with Crippen LogP contribution in [0.3, 0.4) is 0 Å². The smallest absolute Gasteiger partial charge is 0.129 e. The Morgan fingerprint density at radius 1 is 1.00 bits per heavy atom. The molecule has 1 aliphatic heterocycles. The highest BCUT2D eigenvalue weighted by molar-refractivity contribution is 5.62. The number of aromatic nitrogens is 3. The van der Waals surface area contributed by atoms with E-state index in [1.165, 1.54) is 0 Å². The van der Waals surface area contributed by atoms with Gasteiger partial charge in [0.25, 0.3) is 0 Å². The van der Waals surface area contributed by atoms with Crippen molar-refractivity contribution in [1.29, 1.82) is 0 Å². The molecule has 0 unspecified atom stereocenters. The van der Waals surface area contributed by atoms with Crippen LogP contribution >= 0.6 is 0 Å². The van der Waals surface area contributed by atoms with E-state index in [1.807, 2.05) is 12.3 Å². The summed E-state index contributed by atoms with van der Waals surface area (Å²) >= 11 is 0. The van der Waals surface area contributed by atoms with Crippen LogP contribution in [0.25, 0.3) is 11.3 Å². The fourth-order valence-electron chi connectivity index (χ4n) is 3.11. The SMILES string of the molecule is CC(C)CNc1cc(-c2ccc(N3CCN(C(C)C)CC3)nc2)ncn1. The van der Waals surface area contributed by atoms with Crippen LogP contribution in [0, 0.1) is 5.92 Å². The molecule has 2 aromatic rings. The van der Waals surface area contributed by atoms with Crippen LogP contribution < -0.4 is 10.2 Å². The third-order valence-electron chi connectivity index (χ3n) is 4.77. The van der Waals surface area contributed by atoms with Crippen molar-refractivity contribution in [2.75, 3.05) is 42.9 Å². The molecule has 6 heteroatoms. The lowest BCUT2D eigenvalue weighted by Crippen LogP contribution is -2.49. The summed E-state index contributed by atoms with van der Waals surface area (Å²) in [7, 11) is 0. The number of anilines is 2. The van der Waals surface area contributed by atoms with Gasteiger partial charge in [-0.1, -0.05) is 13.8 Å². The minimum atomic E-state index is 0.575. The van der Waals surface area contributed by atoms with Gasteiger partial charge in [0.1, 0.15) is 18.0 Å². The second kappa shape index (κ2) is 8.45. The van der Waals surface area contributed by atoms with Gasteiger partial charge in [0.05, 0.1) is 5.69 Å². The first-order valence-electron chi connectivity index (χ1n) is 9.54. The highest BCUT2D eigenvalue weighted by Gasteiger charge is 2.19. The molecule has 0 aliphatic carbocycles. The zero-order valence-corrected chi connectivity index (χ0v) is 16.3. The van der Waals surface area contributed by atoms with Crippen LogP contribution in [0.15, 0.2) is 30.7 Å². The third kappa shape index (κ3) is 4.69. The number of pyridine rings is 1. The minimum absolute atomic E-state index is 0.575. The summed E-state index contributed by atoms with van der Waals surface area (Å²) in [6, 6.07) is 6.80. The summed E-state index contributed by atoms with van der Waals surface area (Å²) < 4.78 is 0. The summed E-state index contributed by atoms with van der Waals surface area (Å²) in [5, 5.41) is 3.35. The summed E-state index contributed by atoms with van der Waals surface area (Å²) in [5.41, 5.74) is 1.92. The Morgan fingerprint density at radius 3 is 2.38 bits per heavy atom. The molecule has 3 heterocycles. The van der Waals surface area contributed by atoms with Crippen molar-refractivity contribution in [3.05, 3.63) is 30.7 Å². The molecule has 1 N–H and O–H groups in total. The summed E-state index contributed by atoms with van der Waals surface area (Å²) in [4.78, 5) is 18.2. The van der Waals surface area contributed by atoms with E-state index in [-0.39, 0.29) is 0 Å². The number of nitrogens with zero attached hydrogens (tertiary/aromatic N) is 5. The van der Waals surface area contributed by atoms with Crippen molar-refractivity contribution >= 4 is 11.6 Å². The molecule has 0 radical (unpaired) electrons. The third-order valence-corrected chi connectivity index (χ3v) is 4.77. The van der Waals surface area contributed by atoms with Crippen molar-refractivity contribution in [2.24, 2.45) is 5.92 Å². The maximum atomic E-state index is 4.68. The van der Waals surface area contributed by atoms with Crippen LogP contribution in [0.5, 0.6) is 0 Å². The molecule has 0 atom stereocenters. The maximum absolute atomic E-state index is 4.68. The van der Waals surface area contributed by atoms with Crippen molar-refractivity contribution < 1.29 is 0 Å². The molecule has 2 aromatic heterocycles. The van der Waals surface area contributed by atoms with Crippen molar-refractivity contribution in [3.8, 4) is 11.3 Å². The second-order valence-electron chi connectivity index (χ2n) is 7.59. The number of piperazine rings is 1. The lowest BCUT2D eigenvalue weighted by Gasteiger charge is -2.37. The zero-order chi connectivity index (χ0) is 18.5. The molecule has 1 aliphatic rings. The first-order valence-corrected chi connectivity index (χ1v) is 9.54. The van der Waals surface area contributed by atoms with Gasteiger partial charge in [0, 0.05) is 56.6 Å².